The number of nitrogens with zero attached hydrogens (tertiary/aromatic N) is 2. The van der Waals surface area contributed by atoms with Gasteiger partial charge in [0.05, 0.1) is 18.1 Å². The predicted octanol–water partition coefficient (Wildman–Crippen LogP) is 2.04. The Morgan fingerprint density at radius 1 is 1.23 bits per heavy atom. The minimum atomic E-state index is 0.350. The quantitative estimate of drug-likeness (QED) is 0.755. The van der Waals surface area contributed by atoms with Crippen LogP contribution in [0.2, 0.25) is 0 Å². The number of hydrogen-bond donors (Lipinski definition) is 1. The summed E-state index contributed by atoms with van der Waals surface area (Å²) in [5, 5.41) is 0. The van der Waals surface area contributed by atoms with Crippen LogP contribution in [0.1, 0.15) is 32.9 Å². The van der Waals surface area contributed by atoms with E-state index in [0.717, 1.165) is 18.5 Å². The molecule has 0 radical (unpaired) electrons. The van der Waals surface area contributed by atoms with E-state index in [2.05, 4.69) is 30.7 Å². The highest BCUT2D eigenvalue weighted by atomic mass is 14.9. The van der Waals surface area contributed by atoms with E-state index < -0.39 is 0 Å². The van der Waals surface area contributed by atoms with E-state index in [9.17, 15) is 0 Å². The van der Waals surface area contributed by atoms with E-state index in [1.807, 2.05) is 0 Å². The topological polar surface area (TPSA) is 51.8 Å². The molecule has 0 saturated heterocycles. The average Bonchev–Trinajstić information content (AvgIpc) is 2.02. The van der Waals surface area contributed by atoms with Gasteiger partial charge in [0.1, 0.15) is 5.82 Å². The molecule has 13 heavy (non-hydrogen) atoms. The summed E-state index contributed by atoms with van der Waals surface area (Å²) in [6.45, 7) is 6.66. The molecule has 0 aliphatic heterocycles. The van der Waals surface area contributed by atoms with E-state index in [1.54, 1.807) is 12.4 Å². The lowest BCUT2D eigenvalue weighted by Gasteiger charge is -2.16. The van der Waals surface area contributed by atoms with Crippen LogP contribution in [0, 0.1) is 5.41 Å². The largest absolute Gasteiger partial charge is 0.382 e. The van der Waals surface area contributed by atoms with Crippen LogP contribution in [0.25, 0.3) is 0 Å². The zero-order valence-corrected chi connectivity index (χ0v) is 8.54. The van der Waals surface area contributed by atoms with Crippen molar-refractivity contribution in [3.05, 3.63) is 18.1 Å². The second-order valence-electron chi connectivity index (χ2n) is 4.49. The van der Waals surface area contributed by atoms with Gasteiger partial charge in [0.15, 0.2) is 0 Å². The fraction of sp³-hybridized carbons (Fsp3) is 0.600. The van der Waals surface area contributed by atoms with Gasteiger partial charge < -0.3 is 5.73 Å². The highest BCUT2D eigenvalue weighted by Gasteiger charge is 2.10. The molecule has 0 aliphatic carbocycles. The van der Waals surface area contributed by atoms with Crippen LogP contribution in [0.3, 0.4) is 0 Å². The molecule has 0 fully saturated rings. The Labute approximate surface area is 79.4 Å². The van der Waals surface area contributed by atoms with Crippen LogP contribution in [0.5, 0.6) is 0 Å². The van der Waals surface area contributed by atoms with Gasteiger partial charge in [-0.25, -0.2) is 4.98 Å². The van der Waals surface area contributed by atoms with E-state index in [1.165, 1.54) is 0 Å². The van der Waals surface area contributed by atoms with Crippen molar-refractivity contribution < 1.29 is 0 Å². The first-order valence-electron chi connectivity index (χ1n) is 4.54. The maximum atomic E-state index is 5.44. The van der Waals surface area contributed by atoms with Crippen molar-refractivity contribution in [2.45, 2.75) is 33.6 Å². The van der Waals surface area contributed by atoms with Crippen molar-refractivity contribution in [3.63, 3.8) is 0 Å². The van der Waals surface area contributed by atoms with Crippen molar-refractivity contribution in [1.29, 1.82) is 0 Å². The maximum Gasteiger partial charge on any atom is 0.141 e. The zero-order chi connectivity index (χ0) is 9.90. The molecule has 1 aromatic heterocycles. The summed E-state index contributed by atoms with van der Waals surface area (Å²) >= 11 is 0. The molecule has 0 aromatic carbocycles. The maximum absolute atomic E-state index is 5.44. The summed E-state index contributed by atoms with van der Waals surface area (Å²) in [4.78, 5) is 8.19. The standard InChI is InChI=1S/C10H17N3/c1-10(2,3)5-4-8-6-13-9(11)7-12-8/h6-7H,4-5H2,1-3H3,(H2,11,13). The van der Waals surface area contributed by atoms with Gasteiger partial charge in [0.2, 0.25) is 0 Å². The molecule has 0 saturated carbocycles. The molecule has 1 rings (SSSR count). The van der Waals surface area contributed by atoms with E-state index >= 15 is 0 Å². The summed E-state index contributed by atoms with van der Waals surface area (Å²) in [5.74, 6) is 0.486. The average molecular weight is 179 g/mol. The molecular weight excluding hydrogens is 162 g/mol. The van der Waals surface area contributed by atoms with Crippen molar-refractivity contribution in [2.24, 2.45) is 5.41 Å². The van der Waals surface area contributed by atoms with Crippen molar-refractivity contribution >= 4 is 5.82 Å². The molecule has 0 spiro atoms. The first-order valence-corrected chi connectivity index (χ1v) is 4.54. The predicted molar refractivity (Wildman–Crippen MR) is 54.2 cm³/mol. The molecule has 1 heterocycles. The third kappa shape index (κ3) is 3.87. The molecule has 2 N–H and O–H groups in total. The Kier molecular flexibility index (Phi) is 2.86. The summed E-state index contributed by atoms with van der Waals surface area (Å²) in [6.07, 6.45) is 5.45. The first kappa shape index (κ1) is 9.96. The second-order valence-corrected chi connectivity index (χ2v) is 4.49. The molecule has 1 aromatic rings. The summed E-state index contributed by atoms with van der Waals surface area (Å²) in [5.41, 5.74) is 6.80. The zero-order valence-electron chi connectivity index (χ0n) is 8.54. The number of aryl methyl sites for hydroxylation is 1. The van der Waals surface area contributed by atoms with Gasteiger partial charge in [-0.1, -0.05) is 20.8 Å². The molecule has 72 valence electrons. The SMILES string of the molecule is CC(C)(C)CCc1cnc(N)cn1. The number of nitrogen functional groups attached to an aromatic ring is 1. The lowest BCUT2D eigenvalue weighted by Crippen LogP contribution is -2.07. The van der Waals surface area contributed by atoms with Crippen LogP contribution < -0.4 is 5.73 Å². The van der Waals surface area contributed by atoms with Crippen molar-refractivity contribution in [2.75, 3.05) is 5.73 Å². The Morgan fingerprint density at radius 3 is 2.38 bits per heavy atom. The summed E-state index contributed by atoms with van der Waals surface area (Å²) in [7, 11) is 0. The lowest BCUT2D eigenvalue weighted by atomic mass is 9.90. The summed E-state index contributed by atoms with van der Waals surface area (Å²) < 4.78 is 0. The fourth-order valence-electron chi connectivity index (χ4n) is 0.997. The van der Waals surface area contributed by atoms with Gasteiger partial charge in [0, 0.05) is 0 Å². The monoisotopic (exact) mass is 179 g/mol. The minimum Gasteiger partial charge on any atom is -0.382 e. The van der Waals surface area contributed by atoms with E-state index in [-0.39, 0.29) is 0 Å². The minimum absolute atomic E-state index is 0.350. The van der Waals surface area contributed by atoms with Crippen molar-refractivity contribution in [3.8, 4) is 0 Å². The fourth-order valence-corrected chi connectivity index (χ4v) is 0.997. The Balaban J connectivity index is 2.51. The Bertz CT molecular complexity index is 258. The number of aromatic nitrogens is 2. The molecule has 3 heteroatoms. The van der Waals surface area contributed by atoms with E-state index in [4.69, 9.17) is 5.73 Å². The van der Waals surface area contributed by atoms with Crippen LogP contribution >= 0.6 is 0 Å². The van der Waals surface area contributed by atoms with Gasteiger partial charge in [0.25, 0.3) is 0 Å². The van der Waals surface area contributed by atoms with Gasteiger partial charge >= 0.3 is 0 Å². The Morgan fingerprint density at radius 2 is 1.92 bits per heavy atom. The molecule has 0 bridgehead atoms. The highest BCUT2D eigenvalue weighted by Crippen LogP contribution is 2.20. The first-order chi connectivity index (χ1) is 5.97. The molecule has 0 unspecified atom stereocenters. The Hall–Kier alpha value is -1.12. The summed E-state index contributed by atoms with van der Waals surface area (Å²) in [6, 6.07) is 0. The van der Waals surface area contributed by atoms with Gasteiger partial charge in [-0.05, 0) is 18.3 Å². The normalized spacial score (nSPS) is 11.6. The van der Waals surface area contributed by atoms with Gasteiger partial charge in [-0.2, -0.15) is 0 Å². The number of hydrogen-bond acceptors (Lipinski definition) is 3. The number of rotatable bonds is 2. The molecule has 3 nitrogen and oxygen atoms in total. The van der Waals surface area contributed by atoms with Crippen molar-refractivity contribution in [1.82, 2.24) is 9.97 Å². The number of nitrogens with two attached hydrogens (primary N) is 1. The molecule has 0 amide bonds. The van der Waals surface area contributed by atoms with Crippen LogP contribution in [0.15, 0.2) is 12.4 Å². The van der Waals surface area contributed by atoms with E-state index in [0.29, 0.717) is 11.2 Å². The highest BCUT2D eigenvalue weighted by molar-refractivity contribution is 5.22. The molecular formula is C10H17N3. The lowest BCUT2D eigenvalue weighted by molar-refractivity contribution is 0.376. The number of anilines is 1. The third-order valence-corrected chi connectivity index (χ3v) is 1.86. The molecule has 0 aliphatic rings. The van der Waals surface area contributed by atoms with Gasteiger partial charge in [-0.3, -0.25) is 4.98 Å². The van der Waals surface area contributed by atoms with Gasteiger partial charge in [-0.15, -0.1) is 0 Å². The second kappa shape index (κ2) is 3.73. The van der Waals surface area contributed by atoms with Crippen LogP contribution in [-0.2, 0) is 6.42 Å². The molecule has 0 atom stereocenters. The van der Waals surface area contributed by atoms with Crippen LogP contribution in [-0.4, -0.2) is 9.97 Å². The van der Waals surface area contributed by atoms with Crippen LogP contribution in [0.4, 0.5) is 5.82 Å². The third-order valence-electron chi connectivity index (χ3n) is 1.86. The smallest absolute Gasteiger partial charge is 0.141 e.